The third kappa shape index (κ3) is 6.94. The van der Waals surface area contributed by atoms with E-state index in [1.165, 1.54) is 0 Å². The van der Waals surface area contributed by atoms with Gasteiger partial charge in [0.25, 0.3) is 0 Å². The first-order valence-corrected chi connectivity index (χ1v) is 7.03. The van der Waals surface area contributed by atoms with Crippen molar-refractivity contribution < 1.29 is 17.9 Å². The van der Waals surface area contributed by atoms with Crippen LogP contribution in [0.1, 0.15) is 29.2 Å². The van der Waals surface area contributed by atoms with Gasteiger partial charge in [0.1, 0.15) is 6.61 Å². The number of aryl methyl sites for hydroxylation is 1. The smallest absolute Gasteiger partial charge is 0.367 e. The summed E-state index contributed by atoms with van der Waals surface area (Å²) < 4.78 is 40.6. The van der Waals surface area contributed by atoms with E-state index in [0.717, 1.165) is 28.4 Å². The molecule has 0 bridgehead atoms. The first-order valence-electron chi connectivity index (χ1n) is 6.21. The van der Waals surface area contributed by atoms with Gasteiger partial charge in [-0.2, -0.15) is 13.2 Å². The van der Waals surface area contributed by atoms with E-state index in [9.17, 15) is 13.2 Å². The van der Waals surface area contributed by atoms with Crippen LogP contribution in [0.5, 0.6) is 0 Å². The summed E-state index contributed by atoms with van der Waals surface area (Å²) in [4.78, 5) is 2.15. The van der Waals surface area contributed by atoms with E-state index in [4.69, 9.17) is 0 Å². The van der Waals surface area contributed by atoms with Gasteiger partial charge in [-0.15, -0.1) is 11.3 Å². The van der Waals surface area contributed by atoms with E-state index < -0.39 is 12.8 Å². The molecule has 1 N–H and O–H groups in total. The molecule has 0 saturated carbocycles. The Morgan fingerprint density at radius 2 is 2.05 bits per heavy atom. The Bertz CT molecular complexity index is 388. The first kappa shape index (κ1) is 16.5. The number of hydrogen-bond acceptors (Lipinski definition) is 3. The van der Waals surface area contributed by atoms with E-state index in [0.29, 0.717) is 5.92 Å². The number of halogens is 3. The molecule has 0 saturated heterocycles. The lowest BCUT2D eigenvalue weighted by Crippen LogP contribution is -2.18. The van der Waals surface area contributed by atoms with Crippen molar-refractivity contribution in [3.05, 3.63) is 21.4 Å². The highest BCUT2D eigenvalue weighted by molar-refractivity contribution is 7.12. The summed E-state index contributed by atoms with van der Waals surface area (Å²) in [7, 11) is 0. The molecule has 0 aliphatic carbocycles. The molecule has 0 radical (unpaired) electrons. The van der Waals surface area contributed by atoms with Crippen LogP contribution in [0, 0.1) is 12.8 Å². The largest absolute Gasteiger partial charge is 0.411 e. The molecule has 1 aromatic heterocycles. The zero-order chi connectivity index (χ0) is 14.5. The number of ether oxygens (including phenoxy) is 1. The lowest BCUT2D eigenvalue weighted by atomic mass is 10.2. The normalized spacial score (nSPS) is 12.4. The van der Waals surface area contributed by atoms with Crippen molar-refractivity contribution in [1.82, 2.24) is 5.32 Å². The Hall–Kier alpha value is -0.590. The van der Waals surface area contributed by atoms with Gasteiger partial charge in [0.15, 0.2) is 0 Å². The van der Waals surface area contributed by atoms with Gasteiger partial charge >= 0.3 is 6.18 Å². The van der Waals surface area contributed by atoms with Gasteiger partial charge in [0.2, 0.25) is 0 Å². The molecule has 0 fully saturated rings. The van der Waals surface area contributed by atoms with Crippen LogP contribution in [-0.4, -0.2) is 19.3 Å². The van der Waals surface area contributed by atoms with Crippen LogP contribution in [0.4, 0.5) is 13.2 Å². The number of hydrogen-bond donors (Lipinski definition) is 1. The Labute approximate surface area is 116 Å². The molecule has 110 valence electrons. The average Bonchev–Trinajstić information content (AvgIpc) is 2.57. The maximum atomic E-state index is 12.0. The summed E-state index contributed by atoms with van der Waals surface area (Å²) in [6.45, 7) is 6.67. The van der Waals surface area contributed by atoms with Crippen molar-refractivity contribution in [2.24, 2.45) is 5.92 Å². The zero-order valence-corrected chi connectivity index (χ0v) is 12.3. The second kappa shape index (κ2) is 7.26. The maximum Gasteiger partial charge on any atom is 0.411 e. The number of rotatable bonds is 7. The van der Waals surface area contributed by atoms with Gasteiger partial charge in [-0.25, -0.2) is 0 Å². The molecule has 0 atom stereocenters. The molecule has 0 spiro atoms. The summed E-state index contributed by atoms with van der Waals surface area (Å²) in [5.41, 5.74) is 0.843. The summed E-state index contributed by atoms with van der Waals surface area (Å²) in [5, 5.41) is 3.31. The van der Waals surface area contributed by atoms with Gasteiger partial charge < -0.3 is 10.1 Å². The molecule has 0 amide bonds. The minimum atomic E-state index is -4.26. The summed E-state index contributed by atoms with van der Waals surface area (Å²) in [5.74, 6) is 0.579. The van der Waals surface area contributed by atoms with E-state index in [-0.39, 0.29) is 6.61 Å². The lowest BCUT2D eigenvalue weighted by molar-refractivity contribution is -0.176. The van der Waals surface area contributed by atoms with Gasteiger partial charge in [-0.1, -0.05) is 13.8 Å². The van der Waals surface area contributed by atoms with Crippen LogP contribution in [0.2, 0.25) is 0 Å². The monoisotopic (exact) mass is 295 g/mol. The van der Waals surface area contributed by atoms with E-state index in [1.807, 2.05) is 13.0 Å². The average molecular weight is 295 g/mol. The fraction of sp³-hybridized carbons (Fsp3) is 0.692. The standard InChI is InChI=1S/C13H20F3NOS/c1-9(2)5-17-6-12-4-11(10(3)19-12)7-18-8-13(14,15)16/h4,9,17H,5-8H2,1-3H3. The number of thiophene rings is 1. The second-order valence-corrected chi connectivity index (χ2v) is 6.27. The predicted octanol–water partition coefficient (Wildman–Crippen LogP) is 3.88. The van der Waals surface area contributed by atoms with Crippen molar-refractivity contribution in [1.29, 1.82) is 0 Å². The fourth-order valence-electron chi connectivity index (χ4n) is 1.58. The SMILES string of the molecule is Cc1sc(CNCC(C)C)cc1COCC(F)(F)F. The highest BCUT2D eigenvalue weighted by atomic mass is 32.1. The van der Waals surface area contributed by atoms with Crippen LogP contribution >= 0.6 is 11.3 Å². The Balaban J connectivity index is 2.41. The van der Waals surface area contributed by atoms with Crippen LogP contribution in [-0.2, 0) is 17.9 Å². The fourth-order valence-corrected chi connectivity index (χ4v) is 2.60. The topological polar surface area (TPSA) is 21.3 Å². The molecule has 19 heavy (non-hydrogen) atoms. The van der Waals surface area contributed by atoms with Crippen molar-refractivity contribution in [3.8, 4) is 0 Å². The van der Waals surface area contributed by atoms with Crippen LogP contribution < -0.4 is 5.32 Å². The van der Waals surface area contributed by atoms with Crippen molar-refractivity contribution in [3.63, 3.8) is 0 Å². The lowest BCUT2D eigenvalue weighted by Gasteiger charge is -2.07. The molecule has 2 nitrogen and oxygen atoms in total. The molecule has 0 aromatic carbocycles. The molecule has 0 unspecified atom stereocenters. The Kier molecular flexibility index (Phi) is 6.29. The van der Waals surface area contributed by atoms with Crippen molar-refractivity contribution in [2.75, 3.05) is 13.2 Å². The minimum absolute atomic E-state index is 0.0199. The summed E-state index contributed by atoms with van der Waals surface area (Å²) >= 11 is 1.60. The van der Waals surface area contributed by atoms with E-state index in [1.54, 1.807) is 11.3 Å². The molecular formula is C13H20F3NOS. The molecule has 1 aromatic rings. The third-order valence-corrected chi connectivity index (χ3v) is 3.54. The van der Waals surface area contributed by atoms with Gasteiger partial charge in [0.05, 0.1) is 6.61 Å². The Morgan fingerprint density at radius 3 is 2.63 bits per heavy atom. The molecule has 0 aliphatic rings. The highest BCUT2D eigenvalue weighted by Crippen LogP contribution is 2.23. The second-order valence-electron chi connectivity index (χ2n) is 4.93. The Morgan fingerprint density at radius 1 is 1.37 bits per heavy atom. The first-order chi connectivity index (χ1) is 8.78. The van der Waals surface area contributed by atoms with E-state index in [2.05, 4.69) is 23.9 Å². The third-order valence-electron chi connectivity index (χ3n) is 2.45. The number of alkyl halides is 3. The van der Waals surface area contributed by atoms with Gasteiger partial charge in [0, 0.05) is 16.3 Å². The zero-order valence-electron chi connectivity index (χ0n) is 11.4. The highest BCUT2D eigenvalue weighted by Gasteiger charge is 2.27. The molecular weight excluding hydrogens is 275 g/mol. The maximum absolute atomic E-state index is 12.0. The van der Waals surface area contributed by atoms with Crippen molar-refractivity contribution in [2.45, 2.75) is 40.1 Å². The quantitative estimate of drug-likeness (QED) is 0.824. The van der Waals surface area contributed by atoms with Crippen LogP contribution in [0.15, 0.2) is 6.07 Å². The summed E-state index contributed by atoms with van der Waals surface area (Å²) in [6, 6.07) is 1.92. The molecule has 0 aliphatic heterocycles. The van der Waals surface area contributed by atoms with Crippen molar-refractivity contribution >= 4 is 11.3 Å². The number of nitrogens with one attached hydrogen (secondary N) is 1. The molecule has 6 heteroatoms. The summed E-state index contributed by atoms with van der Waals surface area (Å²) in [6.07, 6.45) is -4.26. The molecule has 1 rings (SSSR count). The predicted molar refractivity (Wildman–Crippen MR) is 71.3 cm³/mol. The minimum Gasteiger partial charge on any atom is -0.367 e. The van der Waals surface area contributed by atoms with Crippen LogP contribution in [0.3, 0.4) is 0 Å². The molecule has 1 heterocycles. The van der Waals surface area contributed by atoms with Crippen LogP contribution in [0.25, 0.3) is 0 Å². The van der Waals surface area contributed by atoms with Gasteiger partial charge in [-0.05, 0) is 31.0 Å². The van der Waals surface area contributed by atoms with Gasteiger partial charge in [-0.3, -0.25) is 0 Å². The van der Waals surface area contributed by atoms with E-state index >= 15 is 0 Å².